The van der Waals surface area contributed by atoms with E-state index in [0.29, 0.717) is 17.1 Å². The van der Waals surface area contributed by atoms with Gasteiger partial charge in [0.15, 0.2) is 11.5 Å². The van der Waals surface area contributed by atoms with E-state index in [2.05, 4.69) is 10.5 Å². The van der Waals surface area contributed by atoms with Crippen molar-refractivity contribution in [1.82, 2.24) is 5.16 Å². The molecule has 148 valence electrons. The Hall–Kier alpha value is -4.06. The fraction of sp³-hybridized carbons (Fsp3) is 0.200. The third-order valence-electron chi connectivity index (χ3n) is 4.02. The number of aromatic nitrogens is 1. The van der Waals surface area contributed by atoms with E-state index in [4.69, 9.17) is 18.4 Å². The number of rotatable bonds is 6. The maximum Gasteiger partial charge on any atom is 0.343 e. The second kappa shape index (κ2) is 8.31. The lowest BCUT2D eigenvalue weighted by molar-refractivity contribution is 0.0524. The molecule has 1 N–H and O–H groups in total. The highest BCUT2D eigenvalue weighted by Gasteiger charge is 2.26. The van der Waals surface area contributed by atoms with Crippen molar-refractivity contribution in [2.24, 2.45) is 0 Å². The lowest BCUT2D eigenvalue weighted by atomic mass is 10.1. The summed E-state index contributed by atoms with van der Waals surface area (Å²) < 4.78 is 20.6. The molecule has 9 nitrogen and oxygen atoms in total. The summed E-state index contributed by atoms with van der Waals surface area (Å²) in [7, 11) is 1.56. The van der Waals surface area contributed by atoms with Gasteiger partial charge in [0.2, 0.25) is 5.88 Å². The van der Waals surface area contributed by atoms with Crippen molar-refractivity contribution in [3.05, 3.63) is 52.9 Å². The van der Waals surface area contributed by atoms with Crippen molar-refractivity contribution >= 4 is 17.8 Å². The molecule has 9 heteroatoms. The Bertz CT molecular complexity index is 1090. The third kappa shape index (κ3) is 3.96. The summed E-state index contributed by atoms with van der Waals surface area (Å²) in [6.45, 7) is 3.29. The van der Waals surface area contributed by atoms with Gasteiger partial charge in [0.05, 0.1) is 13.7 Å². The van der Waals surface area contributed by atoms with E-state index < -0.39 is 11.9 Å². The Morgan fingerprint density at radius 1 is 1.28 bits per heavy atom. The van der Waals surface area contributed by atoms with E-state index in [1.807, 2.05) is 6.07 Å². The van der Waals surface area contributed by atoms with E-state index in [9.17, 15) is 14.9 Å². The first-order valence-electron chi connectivity index (χ1n) is 8.61. The van der Waals surface area contributed by atoms with Crippen molar-refractivity contribution in [3.8, 4) is 23.1 Å². The topological polar surface area (TPSA) is 128 Å². The monoisotopic (exact) mass is 395 g/mol. The third-order valence-corrected chi connectivity index (χ3v) is 4.02. The van der Waals surface area contributed by atoms with Crippen LogP contribution in [0, 0.1) is 18.3 Å². The highest BCUT2D eigenvalue weighted by Crippen LogP contribution is 2.28. The molecule has 1 amide bonds. The number of anilines is 1. The van der Waals surface area contributed by atoms with Crippen LogP contribution in [-0.4, -0.2) is 30.7 Å². The molecule has 0 spiro atoms. The molecular weight excluding hydrogens is 378 g/mol. The molecule has 0 saturated heterocycles. The number of nitriles is 1. The van der Waals surface area contributed by atoms with Gasteiger partial charge in [0, 0.05) is 11.6 Å². The maximum absolute atomic E-state index is 12.5. The highest BCUT2D eigenvalue weighted by atomic mass is 16.5. The summed E-state index contributed by atoms with van der Waals surface area (Å²) in [4.78, 5) is 24.5. The van der Waals surface area contributed by atoms with E-state index in [-0.39, 0.29) is 35.1 Å². The first kappa shape index (κ1) is 19.7. The molecule has 0 saturated carbocycles. The lowest BCUT2D eigenvalue weighted by Crippen LogP contribution is -2.13. The van der Waals surface area contributed by atoms with Crippen molar-refractivity contribution in [2.75, 3.05) is 19.0 Å². The number of nitrogens with one attached hydrogen (secondary N) is 1. The molecule has 2 aromatic heterocycles. The Labute approximate surface area is 165 Å². The Morgan fingerprint density at radius 2 is 2.00 bits per heavy atom. The first-order chi connectivity index (χ1) is 14.0. The summed E-state index contributed by atoms with van der Waals surface area (Å²) in [5.74, 6) is -0.299. The number of esters is 1. The number of nitrogens with zero attached hydrogens (tertiary/aromatic N) is 2. The molecule has 0 aliphatic rings. The van der Waals surface area contributed by atoms with Gasteiger partial charge >= 0.3 is 5.97 Å². The van der Waals surface area contributed by atoms with E-state index in [1.54, 1.807) is 38.3 Å². The first-order valence-corrected chi connectivity index (χ1v) is 8.61. The van der Waals surface area contributed by atoms with Gasteiger partial charge in [-0.05, 0) is 38.1 Å². The molecule has 0 bridgehead atoms. The smallest absolute Gasteiger partial charge is 0.343 e. The summed E-state index contributed by atoms with van der Waals surface area (Å²) >= 11 is 0. The summed E-state index contributed by atoms with van der Waals surface area (Å²) in [6, 6.07) is 10.3. The molecule has 0 unspecified atom stereocenters. The molecule has 0 radical (unpaired) electrons. The molecule has 0 atom stereocenters. The zero-order chi connectivity index (χ0) is 21.0. The van der Waals surface area contributed by atoms with Gasteiger partial charge < -0.3 is 18.4 Å². The molecule has 2 heterocycles. The lowest BCUT2D eigenvalue weighted by Gasteiger charge is -2.00. The normalized spacial score (nSPS) is 10.3. The van der Waals surface area contributed by atoms with Crippen LogP contribution in [-0.2, 0) is 4.74 Å². The average molecular weight is 395 g/mol. The van der Waals surface area contributed by atoms with E-state index >= 15 is 0 Å². The Balaban J connectivity index is 1.82. The Kier molecular flexibility index (Phi) is 5.64. The van der Waals surface area contributed by atoms with Gasteiger partial charge in [-0.1, -0.05) is 5.16 Å². The van der Waals surface area contributed by atoms with Gasteiger partial charge in [0.1, 0.15) is 28.7 Å². The van der Waals surface area contributed by atoms with E-state index in [0.717, 1.165) is 0 Å². The van der Waals surface area contributed by atoms with Gasteiger partial charge in [-0.2, -0.15) is 5.26 Å². The predicted molar refractivity (Wildman–Crippen MR) is 101 cm³/mol. The van der Waals surface area contributed by atoms with Gasteiger partial charge in [0.25, 0.3) is 5.91 Å². The van der Waals surface area contributed by atoms with Crippen molar-refractivity contribution in [1.29, 1.82) is 5.26 Å². The minimum atomic E-state index is -0.700. The minimum Gasteiger partial charge on any atom is -0.497 e. The van der Waals surface area contributed by atoms with Crippen LogP contribution in [0.4, 0.5) is 5.88 Å². The predicted octanol–water partition coefficient (Wildman–Crippen LogP) is 3.55. The second-order valence-electron chi connectivity index (χ2n) is 5.83. The van der Waals surface area contributed by atoms with E-state index in [1.165, 1.54) is 13.0 Å². The number of aryl methyl sites for hydroxylation is 1. The van der Waals surface area contributed by atoms with Crippen LogP contribution in [0.5, 0.6) is 5.75 Å². The fourth-order valence-corrected chi connectivity index (χ4v) is 2.63. The van der Waals surface area contributed by atoms with Gasteiger partial charge in [-0.15, -0.1) is 0 Å². The number of carbonyl (C=O) groups is 2. The number of ether oxygens (including phenoxy) is 2. The number of carbonyl (C=O) groups excluding carboxylic acids is 2. The zero-order valence-corrected chi connectivity index (χ0v) is 15.9. The van der Waals surface area contributed by atoms with Crippen LogP contribution in [0.25, 0.3) is 11.3 Å². The number of benzene rings is 1. The number of hydrogen-bond donors (Lipinski definition) is 1. The summed E-state index contributed by atoms with van der Waals surface area (Å²) in [6.07, 6.45) is 0. The van der Waals surface area contributed by atoms with Crippen LogP contribution in [0.15, 0.2) is 39.3 Å². The van der Waals surface area contributed by atoms with Crippen LogP contribution < -0.4 is 10.1 Å². The van der Waals surface area contributed by atoms with Crippen LogP contribution >= 0.6 is 0 Å². The average Bonchev–Trinajstić information content (AvgIpc) is 3.33. The fourth-order valence-electron chi connectivity index (χ4n) is 2.63. The minimum absolute atomic E-state index is 0.0218. The van der Waals surface area contributed by atoms with Crippen molar-refractivity contribution < 1.29 is 28.0 Å². The molecular formula is C20H17N3O6. The van der Waals surface area contributed by atoms with Crippen molar-refractivity contribution in [2.45, 2.75) is 13.8 Å². The van der Waals surface area contributed by atoms with Crippen LogP contribution in [0.2, 0.25) is 0 Å². The molecule has 0 aliphatic heterocycles. The summed E-state index contributed by atoms with van der Waals surface area (Å²) in [5.41, 5.74) is 0.539. The SMILES string of the molecule is CCOC(=O)c1c(C)oc(NC(=O)c2cc(-c3ccc(OC)cc3)on2)c1C#N. The molecule has 3 aromatic rings. The van der Waals surface area contributed by atoms with Gasteiger partial charge in [-0.3, -0.25) is 10.1 Å². The summed E-state index contributed by atoms with van der Waals surface area (Å²) in [5, 5.41) is 15.6. The number of furan rings is 1. The zero-order valence-electron chi connectivity index (χ0n) is 15.9. The van der Waals surface area contributed by atoms with Gasteiger partial charge in [-0.25, -0.2) is 4.79 Å². The quantitative estimate of drug-likeness (QED) is 0.628. The Morgan fingerprint density at radius 3 is 2.62 bits per heavy atom. The molecule has 3 rings (SSSR count). The highest BCUT2D eigenvalue weighted by molar-refractivity contribution is 6.04. The number of methoxy groups -OCH3 is 1. The van der Waals surface area contributed by atoms with Crippen LogP contribution in [0.1, 0.15) is 39.1 Å². The molecule has 0 fully saturated rings. The maximum atomic E-state index is 12.5. The molecule has 0 aliphatic carbocycles. The number of amides is 1. The molecule has 29 heavy (non-hydrogen) atoms. The standard InChI is InChI=1S/C20H17N3O6/c1-4-27-20(25)17-11(2)28-19(14(17)10-21)22-18(24)15-9-16(29-23-15)12-5-7-13(26-3)8-6-12/h5-9H,4H2,1-3H3,(H,22,24). The van der Waals surface area contributed by atoms with Crippen molar-refractivity contribution in [3.63, 3.8) is 0 Å². The second-order valence-corrected chi connectivity index (χ2v) is 5.83. The largest absolute Gasteiger partial charge is 0.497 e. The van der Waals surface area contributed by atoms with Crippen LogP contribution in [0.3, 0.4) is 0 Å². The molecule has 1 aromatic carbocycles. The number of hydrogen-bond acceptors (Lipinski definition) is 8.